The summed E-state index contributed by atoms with van der Waals surface area (Å²) in [6.45, 7) is 0.358. The van der Waals surface area contributed by atoms with Crippen molar-refractivity contribution < 1.29 is 27.6 Å². The number of hydrogen-bond acceptors (Lipinski definition) is 3. The number of carbonyl (C=O) groups is 3. The molecular formula is C18H20F3N3O3. The standard InChI is InChI=1S/C15H14F3N3O3.C3H6/c16-15(17,18)10-2-1-8-6-21(7-9(8)5-10)12(22)4-3-11-13(23)20-14(24)19-11;1-2-3-1/h1-2,5,11H,3-4,6-7H2,(H2,19,20,23,24);1-3H2. The molecule has 9 heteroatoms. The lowest BCUT2D eigenvalue weighted by Gasteiger charge is -2.16. The number of carbonyl (C=O) groups excluding carboxylic acids is 3. The second-order valence-corrected chi connectivity index (χ2v) is 6.85. The monoisotopic (exact) mass is 383 g/mol. The molecule has 27 heavy (non-hydrogen) atoms. The number of amides is 4. The highest BCUT2D eigenvalue weighted by molar-refractivity contribution is 6.04. The maximum atomic E-state index is 12.7. The van der Waals surface area contributed by atoms with E-state index in [0.717, 1.165) is 12.1 Å². The number of alkyl halides is 3. The summed E-state index contributed by atoms with van der Waals surface area (Å²) in [6.07, 6.45) is 0.260. The highest BCUT2D eigenvalue weighted by Crippen LogP contribution is 2.33. The molecule has 1 aromatic carbocycles. The lowest BCUT2D eigenvalue weighted by atomic mass is 10.1. The molecule has 146 valence electrons. The quantitative estimate of drug-likeness (QED) is 0.788. The van der Waals surface area contributed by atoms with Crippen molar-refractivity contribution in [3.63, 3.8) is 0 Å². The van der Waals surface area contributed by atoms with E-state index in [4.69, 9.17) is 0 Å². The van der Waals surface area contributed by atoms with Crippen LogP contribution in [0.2, 0.25) is 0 Å². The lowest BCUT2D eigenvalue weighted by molar-refractivity contribution is -0.137. The number of nitrogens with zero attached hydrogens (tertiary/aromatic N) is 1. The van der Waals surface area contributed by atoms with Gasteiger partial charge in [-0.15, -0.1) is 0 Å². The third kappa shape index (κ3) is 4.99. The number of halogens is 3. The molecule has 6 nitrogen and oxygen atoms in total. The normalized spacial score (nSPS) is 20.4. The number of nitrogens with one attached hydrogen (secondary N) is 2. The van der Waals surface area contributed by atoms with Crippen LogP contribution in [0.3, 0.4) is 0 Å². The molecule has 1 saturated carbocycles. The maximum absolute atomic E-state index is 12.7. The Balaban J connectivity index is 0.000000637. The molecular weight excluding hydrogens is 363 g/mol. The van der Waals surface area contributed by atoms with Crippen LogP contribution in [0, 0.1) is 0 Å². The van der Waals surface area contributed by atoms with Crippen LogP contribution >= 0.6 is 0 Å². The highest BCUT2D eigenvalue weighted by atomic mass is 19.4. The molecule has 0 radical (unpaired) electrons. The largest absolute Gasteiger partial charge is 0.416 e. The Bertz CT molecular complexity index is 759. The summed E-state index contributed by atoms with van der Waals surface area (Å²) in [5, 5.41) is 4.47. The van der Waals surface area contributed by atoms with Crippen molar-refractivity contribution in [1.82, 2.24) is 15.5 Å². The van der Waals surface area contributed by atoms with Gasteiger partial charge in [0.05, 0.1) is 5.56 Å². The number of rotatable bonds is 3. The van der Waals surface area contributed by atoms with Crippen LogP contribution in [0.4, 0.5) is 18.0 Å². The van der Waals surface area contributed by atoms with Crippen LogP contribution < -0.4 is 10.6 Å². The van der Waals surface area contributed by atoms with Crippen LogP contribution in [0.15, 0.2) is 18.2 Å². The van der Waals surface area contributed by atoms with Crippen molar-refractivity contribution in [3.05, 3.63) is 34.9 Å². The van der Waals surface area contributed by atoms with Gasteiger partial charge in [0.25, 0.3) is 5.91 Å². The van der Waals surface area contributed by atoms with Gasteiger partial charge in [0.2, 0.25) is 5.91 Å². The first-order chi connectivity index (χ1) is 12.7. The van der Waals surface area contributed by atoms with Gasteiger partial charge in [-0.25, -0.2) is 4.79 Å². The number of benzene rings is 1. The zero-order valence-electron chi connectivity index (χ0n) is 14.6. The minimum Gasteiger partial charge on any atom is -0.334 e. The van der Waals surface area contributed by atoms with Crippen LogP contribution in [0.1, 0.15) is 48.8 Å². The first kappa shape index (κ1) is 19.2. The average molecular weight is 383 g/mol. The molecule has 2 fully saturated rings. The molecule has 3 aliphatic rings. The predicted molar refractivity (Wildman–Crippen MR) is 89.2 cm³/mol. The van der Waals surface area contributed by atoms with Gasteiger partial charge in [-0.3, -0.25) is 14.9 Å². The number of imide groups is 1. The maximum Gasteiger partial charge on any atom is 0.416 e. The summed E-state index contributed by atoms with van der Waals surface area (Å²) in [7, 11) is 0. The summed E-state index contributed by atoms with van der Waals surface area (Å²) in [5.74, 6) is -0.749. The van der Waals surface area contributed by atoms with E-state index >= 15 is 0 Å². The summed E-state index contributed by atoms with van der Waals surface area (Å²) < 4.78 is 38.2. The highest BCUT2D eigenvalue weighted by Gasteiger charge is 2.34. The Morgan fingerprint density at radius 2 is 1.78 bits per heavy atom. The van der Waals surface area contributed by atoms with Crippen molar-refractivity contribution >= 4 is 17.8 Å². The topological polar surface area (TPSA) is 78.5 Å². The fourth-order valence-electron chi connectivity index (χ4n) is 2.84. The van der Waals surface area contributed by atoms with Gasteiger partial charge >= 0.3 is 12.2 Å². The van der Waals surface area contributed by atoms with Crippen molar-refractivity contribution in [1.29, 1.82) is 0 Å². The molecule has 0 aromatic heterocycles. The van der Waals surface area contributed by atoms with Gasteiger partial charge in [0.1, 0.15) is 6.04 Å². The Hall–Kier alpha value is -2.58. The fraction of sp³-hybridized carbons (Fsp3) is 0.500. The molecule has 2 N–H and O–H groups in total. The minimum absolute atomic E-state index is 0.0263. The first-order valence-electron chi connectivity index (χ1n) is 8.82. The molecule has 1 unspecified atom stereocenters. The van der Waals surface area contributed by atoms with E-state index in [1.54, 1.807) is 0 Å². The zero-order chi connectivity index (χ0) is 19.6. The van der Waals surface area contributed by atoms with Gasteiger partial charge in [0, 0.05) is 19.5 Å². The van der Waals surface area contributed by atoms with Crippen LogP contribution in [-0.4, -0.2) is 28.8 Å². The molecule has 2 heterocycles. The second-order valence-electron chi connectivity index (χ2n) is 6.85. The molecule has 0 spiro atoms. The molecule has 1 atom stereocenters. The van der Waals surface area contributed by atoms with E-state index in [-0.39, 0.29) is 31.8 Å². The number of fused-ring (bicyclic) bond motifs is 1. The van der Waals surface area contributed by atoms with Crippen molar-refractivity contribution in [2.24, 2.45) is 0 Å². The SMILES string of the molecule is C1CC1.O=C1NC(=O)C(CCC(=O)N2Cc3ccc(C(F)(F)F)cc3C2)N1. The minimum atomic E-state index is -4.42. The van der Waals surface area contributed by atoms with Gasteiger partial charge in [-0.1, -0.05) is 25.3 Å². The Labute approximate surface area is 154 Å². The summed E-state index contributed by atoms with van der Waals surface area (Å²) in [5.41, 5.74) is 0.425. The Morgan fingerprint density at radius 1 is 1.11 bits per heavy atom. The van der Waals surface area contributed by atoms with Crippen LogP contribution in [0.5, 0.6) is 0 Å². The van der Waals surface area contributed by atoms with Crippen molar-refractivity contribution in [2.75, 3.05) is 0 Å². The Morgan fingerprint density at radius 3 is 2.33 bits per heavy atom. The fourth-order valence-corrected chi connectivity index (χ4v) is 2.84. The summed E-state index contributed by atoms with van der Waals surface area (Å²) >= 11 is 0. The zero-order valence-corrected chi connectivity index (χ0v) is 14.6. The average Bonchev–Trinajstić information content (AvgIpc) is 3.36. The smallest absolute Gasteiger partial charge is 0.334 e. The van der Waals surface area contributed by atoms with Crippen LogP contribution in [-0.2, 0) is 28.9 Å². The van der Waals surface area contributed by atoms with Gasteiger partial charge in [-0.05, 0) is 29.7 Å². The number of urea groups is 1. The molecule has 4 rings (SSSR count). The van der Waals surface area contributed by atoms with E-state index in [1.807, 2.05) is 0 Å². The van der Waals surface area contributed by atoms with E-state index < -0.39 is 29.7 Å². The molecule has 1 saturated heterocycles. The molecule has 2 aliphatic heterocycles. The van der Waals surface area contributed by atoms with Crippen LogP contribution in [0.25, 0.3) is 0 Å². The second kappa shape index (κ2) is 7.58. The molecule has 1 aromatic rings. The number of hydrogen-bond donors (Lipinski definition) is 2. The van der Waals surface area contributed by atoms with E-state index in [1.165, 1.54) is 30.2 Å². The third-order valence-corrected chi connectivity index (χ3v) is 4.47. The van der Waals surface area contributed by atoms with Gasteiger partial charge in [0.15, 0.2) is 0 Å². The van der Waals surface area contributed by atoms with Gasteiger partial charge in [-0.2, -0.15) is 13.2 Å². The first-order valence-corrected chi connectivity index (χ1v) is 8.82. The predicted octanol–water partition coefficient (Wildman–Crippen LogP) is 2.71. The lowest BCUT2D eigenvalue weighted by Crippen LogP contribution is -2.32. The third-order valence-electron chi connectivity index (χ3n) is 4.47. The van der Waals surface area contributed by atoms with Crippen molar-refractivity contribution in [3.8, 4) is 0 Å². The van der Waals surface area contributed by atoms with E-state index in [9.17, 15) is 27.6 Å². The summed E-state index contributed by atoms with van der Waals surface area (Å²) in [4.78, 5) is 36.0. The van der Waals surface area contributed by atoms with Crippen molar-refractivity contribution in [2.45, 2.75) is 57.4 Å². The van der Waals surface area contributed by atoms with Gasteiger partial charge < -0.3 is 10.2 Å². The molecule has 4 amide bonds. The Kier molecular flexibility index (Phi) is 5.38. The van der Waals surface area contributed by atoms with E-state index in [0.29, 0.717) is 11.1 Å². The summed E-state index contributed by atoms with van der Waals surface area (Å²) in [6, 6.07) is 2.11. The van der Waals surface area contributed by atoms with E-state index in [2.05, 4.69) is 10.6 Å². The molecule has 1 aliphatic carbocycles. The molecule has 0 bridgehead atoms.